The molecule has 1 aliphatic rings. The smallest absolute Gasteiger partial charge is 0.220 e. The summed E-state index contributed by atoms with van der Waals surface area (Å²) < 4.78 is 11.3. The van der Waals surface area contributed by atoms with Gasteiger partial charge < -0.3 is 40.3 Å². The van der Waals surface area contributed by atoms with E-state index in [1.165, 1.54) is 218 Å². The lowest BCUT2D eigenvalue weighted by atomic mass is 9.99. The van der Waals surface area contributed by atoms with Gasteiger partial charge in [-0.2, -0.15) is 0 Å². The largest absolute Gasteiger partial charge is 0.394 e. The second-order valence-corrected chi connectivity index (χ2v) is 23.6. The highest BCUT2D eigenvalue weighted by Gasteiger charge is 2.44. The van der Waals surface area contributed by atoms with Crippen molar-refractivity contribution in [3.63, 3.8) is 0 Å². The van der Waals surface area contributed by atoms with Crippen LogP contribution in [-0.4, -0.2) is 87.5 Å². The highest BCUT2D eigenvalue weighted by atomic mass is 16.7. The molecule has 0 aliphatic carbocycles. The third-order valence-corrected chi connectivity index (χ3v) is 15.9. The maximum atomic E-state index is 13.1. The number of carbonyl (C=O) groups excluding carboxylic acids is 1. The molecule has 1 rings (SSSR count). The van der Waals surface area contributed by atoms with Crippen LogP contribution in [0.15, 0.2) is 85.1 Å². The van der Waals surface area contributed by atoms with E-state index < -0.39 is 49.5 Å². The van der Waals surface area contributed by atoms with E-state index in [1.54, 1.807) is 6.08 Å². The minimum Gasteiger partial charge on any atom is -0.394 e. The predicted molar refractivity (Wildman–Crippen MR) is 345 cm³/mol. The Bertz CT molecular complexity index is 1550. The Balaban J connectivity index is 2.18. The first-order chi connectivity index (χ1) is 39.8. The molecule has 9 heteroatoms. The van der Waals surface area contributed by atoms with Crippen LogP contribution in [0.3, 0.4) is 0 Å². The Morgan fingerprint density at radius 1 is 0.432 bits per heavy atom. The van der Waals surface area contributed by atoms with Crippen LogP contribution in [0.1, 0.15) is 309 Å². The van der Waals surface area contributed by atoms with Gasteiger partial charge in [0.2, 0.25) is 5.91 Å². The first kappa shape index (κ1) is 76.4. The number of carbonyl (C=O) groups is 1. The summed E-state index contributed by atoms with van der Waals surface area (Å²) in [5.41, 5.74) is 0. The van der Waals surface area contributed by atoms with E-state index in [0.717, 1.165) is 70.6 Å². The van der Waals surface area contributed by atoms with Gasteiger partial charge in [0.15, 0.2) is 6.29 Å². The normalized spacial score (nSPS) is 18.9. The highest BCUT2D eigenvalue weighted by Crippen LogP contribution is 2.23. The fourth-order valence-corrected chi connectivity index (χ4v) is 10.6. The Labute approximate surface area is 499 Å². The van der Waals surface area contributed by atoms with Crippen LogP contribution in [0, 0.1) is 0 Å². The summed E-state index contributed by atoms with van der Waals surface area (Å²) >= 11 is 0. The third-order valence-electron chi connectivity index (χ3n) is 15.9. The molecule has 0 aromatic heterocycles. The van der Waals surface area contributed by atoms with Crippen molar-refractivity contribution in [3.8, 4) is 0 Å². The van der Waals surface area contributed by atoms with Crippen molar-refractivity contribution in [1.82, 2.24) is 5.32 Å². The summed E-state index contributed by atoms with van der Waals surface area (Å²) in [6.45, 7) is 3.67. The van der Waals surface area contributed by atoms with E-state index in [0.29, 0.717) is 6.42 Å². The lowest BCUT2D eigenvalue weighted by molar-refractivity contribution is -0.302. The van der Waals surface area contributed by atoms with Gasteiger partial charge in [0.05, 0.1) is 25.4 Å². The average molecular weight is 1140 g/mol. The Morgan fingerprint density at radius 2 is 0.778 bits per heavy atom. The number of aliphatic hydroxyl groups excluding tert-OH is 5. The molecule has 0 saturated carbocycles. The van der Waals surface area contributed by atoms with Crippen LogP contribution in [-0.2, 0) is 14.3 Å². The number of allylic oxidation sites excluding steroid dienone is 13. The van der Waals surface area contributed by atoms with Gasteiger partial charge in [-0.1, -0.05) is 304 Å². The molecular formula is C72H129NO8. The monoisotopic (exact) mass is 1140 g/mol. The van der Waals surface area contributed by atoms with Gasteiger partial charge >= 0.3 is 0 Å². The molecule has 9 nitrogen and oxygen atoms in total. The van der Waals surface area contributed by atoms with Gasteiger partial charge in [0.1, 0.15) is 24.4 Å². The van der Waals surface area contributed by atoms with Crippen LogP contribution >= 0.6 is 0 Å². The van der Waals surface area contributed by atoms with Crippen LogP contribution < -0.4 is 5.32 Å². The quantitative estimate of drug-likeness (QED) is 0.0261. The number of unbranched alkanes of at least 4 members (excludes halogenated alkanes) is 37. The second-order valence-electron chi connectivity index (χ2n) is 23.6. The van der Waals surface area contributed by atoms with Gasteiger partial charge in [-0.25, -0.2) is 0 Å². The molecule has 0 radical (unpaired) electrons. The zero-order valence-corrected chi connectivity index (χ0v) is 52.5. The fourth-order valence-electron chi connectivity index (χ4n) is 10.6. The zero-order chi connectivity index (χ0) is 58.6. The molecular weight excluding hydrogens is 1010 g/mol. The van der Waals surface area contributed by atoms with Crippen LogP contribution in [0.5, 0.6) is 0 Å². The van der Waals surface area contributed by atoms with Gasteiger partial charge in [-0.15, -0.1) is 0 Å². The number of rotatable bonds is 59. The molecule has 470 valence electrons. The van der Waals surface area contributed by atoms with Gasteiger partial charge in [0.25, 0.3) is 0 Å². The minimum absolute atomic E-state index is 0.193. The summed E-state index contributed by atoms with van der Waals surface area (Å²) in [4.78, 5) is 13.1. The second kappa shape index (κ2) is 60.5. The minimum atomic E-state index is -1.58. The molecule has 1 heterocycles. The molecule has 0 aromatic carbocycles. The number of nitrogens with one attached hydrogen (secondary N) is 1. The molecule has 1 aliphatic heterocycles. The number of ether oxygens (including phenoxy) is 2. The zero-order valence-electron chi connectivity index (χ0n) is 52.5. The van der Waals surface area contributed by atoms with Crippen molar-refractivity contribution in [3.05, 3.63) is 85.1 Å². The molecule has 6 N–H and O–H groups in total. The first-order valence-corrected chi connectivity index (χ1v) is 34.3. The standard InChI is InChI=1S/C72H129NO8/c1-3-5-7-9-11-13-15-17-19-21-23-25-27-29-30-31-32-33-34-35-36-38-39-41-43-45-47-49-51-53-55-57-59-61-66(75)65(64-80-72-71(79)70(78)69(77)67(63-74)81-72)73-68(76)62-60-58-56-54-52-50-48-46-44-42-40-37-28-26-24-22-20-18-16-14-12-10-8-6-4-2/h6,8,12,14,18,20,24,26,43,45,51,53,59,61,65-67,69-72,74-75,77-79H,3-5,7,9-11,13,15-17,19,21-23,25,27-42,44,46-50,52,54-58,60,62-64H2,1-2H3,(H,73,76)/b8-6-,14-12-,20-18-,26-24-,45-43+,53-51+,61-59+. The number of amides is 1. The SMILES string of the molecule is CC/C=C\C/C=C\C/C=C\C/C=C\CCCCCCCCCCCCCCC(=O)NC(COC1OC(CO)C(O)C(O)C1O)C(O)/C=C/CC/C=C/CC/C=C/CCCCCCCCCCCCCCCCCCCCCCCCC. The van der Waals surface area contributed by atoms with Crippen molar-refractivity contribution < 1.29 is 39.8 Å². The van der Waals surface area contributed by atoms with E-state index in [-0.39, 0.29) is 12.5 Å². The van der Waals surface area contributed by atoms with E-state index in [2.05, 4.69) is 92.1 Å². The van der Waals surface area contributed by atoms with Crippen molar-refractivity contribution in [2.45, 2.75) is 352 Å². The highest BCUT2D eigenvalue weighted by molar-refractivity contribution is 5.76. The van der Waals surface area contributed by atoms with Crippen LogP contribution in [0.25, 0.3) is 0 Å². The van der Waals surface area contributed by atoms with E-state index in [1.807, 2.05) is 6.08 Å². The van der Waals surface area contributed by atoms with Crippen molar-refractivity contribution >= 4 is 5.91 Å². The van der Waals surface area contributed by atoms with Crippen LogP contribution in [0.2, 0.25) is 0 Å². The molecule has 1 amide bonds. The first-order valence-electron chi connectivity index (χ1n) is 34.3. The lowest BCUT2D eigenvalue weighted by Crippen LogP contribution is -2.60. The summed E-state index contributed by atoms with van der Waals surface area (Å²) in [5.74, 6) is -0.193. The topological polar surface area (TPSA) is 149 Å². The Morgan fingerprint density at radius 3 is 1.19 bits per heavy atom. The van der Waals surface area contributed by atoms with Crippen molar-refractivity contribution in [1.29, 1.82) is 0 Å². The van der Waals surface area contributed by atoms with E-state index in [9.17, 15) is 30.3 Å². The maximum Gasteiger partial charge on any atom is 0.220 e. The van der Waals surface area contributed by atoms with E-state index in [4.69, 9.17) is 9.47 Å². The number of aliphatic hydroxyl groups is 5. The molecule has 7 atom stereocenters. The van der Waals surface area contributed by atoms with E-state index >= 15 is 0 Å². The molecule has 1 fully saturated rings. The number of hydrogen-bond acceptors (Lipinski definition) is 8. The van der Waals surface area contributed by atoms with Gasteiger partial charge in [0, 0.05) is 6.42 Å². The molecule has 0 aromatic rings. The average Bonchev–Trinajstić information content (AvgIpc) is 3.49. The maximum absolute atomic E-state index is 13.1. The van der Waals surface area contributed by atoms with Crippen molar-refractivity contribution in [2.75, 3.05) is 13.2 Å². The molecule has 0 spiro atoms. The fraction of sp³-hybridized carbons (Fsp3) is 0.792. The van der Waals surface area contributed by atoms with Gasteiger partial charge in [-0.3, -0.25) is 4.79 Å². The molecule has 7 unspecified atom stereocenters. The third kappa shape index (κ3) is 49.4. The lowest BCUT2D eigenvalue weighted by Gasteiger charge is -2.40. The summed E-state index contributed by atoms with van der Waals surface area (Å²) in [6, 6.07) is -0.836. The van der Waals surface area contributed by atoms with Crippen molar-refractivity contribution in [2.24, 2.45) is 0 Å². The Kier molecular flexibility index (Phi) is 57.0. The summed E-state index contributed by atoms with van der Waals surface area (Å²) in [6.07, 6.45) is 79.8. The summed E-state index contributed by atoms with van der Waals surface area (Å²) in [7, 11) is 0. The van der Waals surface area contributed by atoms with Crippen LogP contribution in [0.4, 0.5) is 0 Å². The predicted octanol–water partition coefficient (Wildman–Crippen LogP) is 18.5. The molecule has 0 bridgehead atoms. The van der Waals surface area contributed by atoms with Gasteiger partial charge in [-0.05, 0) is 83.5 Å². The summed E-state index contributed by atoms with van der Waals surface area (Å²) in [5, 5.41) is 54.7. The molecule has 1 saturated heterocycles. The molecule has 81 heavy (non-hydrogen) atoms. The Hall–Kier alpha value is -2.63. The number of hydrogen-bond donors (Lipinski definition) is 6.